The molecule has 0 saturated heterocycles. The molecule has 0 aliphatic carbocycles. The maximum absolute atomic E-state index is 12.8. The Morgan fingerprint density at radius 3 is 2.38 bits per heavy atom. The molecular formula is C17H13F3N4O2. The van der Waals surface area contributed by atoms with Crippen LogP contribution in [0.2, 0.25) is 0 Å². The van der Waals surface area contributed by atoms with E-state index in [9.17, 15) is 13.2 Å². The number of oxime groups is 1. The second-order valence-corrected chi connectivity index (χ2v) is 5.22. The molecule has 0 bridgehead atoms. The van der Waals surface area contributed by atoms with E-state index in [-0.39, 0.29) is 11.6 Å². The number of hydrogen-bond donors (Lipinski definition) is 3. The number of guanidine groups is 1. The maximum Gasteiger partial charge on any atom is 0.416 e. The predicted octanol–water partition coefficient (Wildman–Crippen LogP) is 4.63. The predicted molar refractivity (Wildman–Crippen MR) is 89.8 cm³/mol. The summed E-state index contributed by atoms with van der Waals surface area (Å²) in [5.41, 5.74) is 0.663. The molecule has 0 atom stereocenters. The van der Waals surface area contributed by atoms with Gasteiger partial charge < -0.3 is 20.3 Å². The van der Waals surface area contributed by atoms with Crippen molar-refractivity contribution in [1.29, 1.82) is 0 Å². The van der Waals surface area contributed by atoms with Gasteiger partial charge in [-0.15, -0.1) is 0 Å². The van der Waals surface area contributed by atoms with E-state index in [4.69, 9.17) is 9.62 Å². The highest BCUT2D eigenvalue weighted by Gasteiger charge is 2.30. The molecule has 134 valence electrons. The van der Waals surface area contributed by atoms with E-state index in [1.165, 1.54) is 18.5 Å². The molecule has 0 fully saturated rings. The van der Waals surface area contributed by atoms with Crippen LogP contribution in [0.5, 0.6) is 0 Å². The van der Waals surface area contributed by atoms with Crippen LogP contribution in [0.15, 0.2) is 70.7 Å². The number of rotatable bonds is 3. The van der Waals surface area contributed by atoms with E-state index in [1.54, 1.807) is 30.5 Å². The third-order valence-corrected chi connectivity index (χ3v) is 3.42. The van der Waals surface area contributed by atoms with Crippen LogP contribution in [0, 0.1) is 0 Å². The van der Waals surface area contributed by atoms with Crippen LogP contribution < -0.4 is 10.6 Å². The van der Waals surface area contributed by atoms with Crippen molar-refractivity contribution < 1.29 is 22.8 Å². The molecule has 0 aliphatic heterocycles. The average molecular weight is 362 g/mol. The van der Waals surface area contributed by atoms with E-state index < -0.39 is 11.7 Å². The van der Waals surface area contributed by atoms with E-state index in [2.05, 4.69) is 20.8 Å². The van der Waals surface area contributed by atoms with Crippen molar-refractivity contribution in [2.75, 3.05) is 10.6 Å². The molecule has 0 aliphatic rings. The van der Waals surface area contributed by atoms with Gasteiger partial charge in [-0.25, -0.2) is 4.98 Å². The van der Waals surface area contributed by atoms with Crippen LogP contribution in [0.4, 0.5) is 24.5 Å². The molecule has 1 aromatic heterocycles. The molecule has 0 amide bonds. The third kappa shape index (κ3) is 4.12. The van der Waals surface area contributed by atoms with E-state index in [1.807, 2.05) is 0 Å². The number of oxazole rings is 1. The SMILES string of the molecule is O/N=C(\Nc1ccc(-c2cnco2)cc1)Nc1cccc(C(F)(F)F)c1. The number of nitrogens with one attached hydrogen (secondary N) is 2. The molecule has 0 unspecified atom stereocenters. The summed E-state index contributed by atoms with van der Waals surface area (Å²) in [5.74, 6) is 0.464. The Balaban J connectivity index is 1.70. The Kier molecular flexibility index (Phi) is 4.78. The highest BCUT2D eigenvalue weighted by atomic mass is 19.4. The zero-order valence-corrected chi connectivity index (χ0v) is 13.2. The normalized spacial score (nSPS) is 12.0. The van der Waals surface area contributed by atoms with Crippen molar-refractivity contribution in [3.05, 3.63) is 66.7 Å². The van der Waals surface area contributed by atoms with E-state index >= 15 is 0 Å². The summed E-state index contributed by atoms with van der Waals surface area (Å²) >= 11 is 0. The molecule has 3 N–H and O–H groups in total. The molecule has 3 aromatic rings. The molecular weight excluding hydrogens is 349 g/mol. The van der Waals surface area contributed by atoms with Crippen molar-refractivity contribution in [2.24, 2.45) is 5.16 Å². The van der Waals surface area contributed by atoms with Gasteiger partial charge in [0.15, 0.2) is 12.2 Å². The zero-order valence-electron chi connectivity index (χ0n) is 13.2. The first kappa shape index (κ1) is 17.3. The fourth-order valence-electron chi connectivity index (χ4n) is 2.20. The van der Waals surface area contributed by atoms with Gasteiger partial charge in [0.05, 0.1) is 11.8 Å². The van der Waals surface area contributed by atoms with Gasteiger partial charge in [-0.1, -0.05) is 11.2 Å². The van der Waals surface area contributed by atoms with Gasteiger partial charge in [0.25, 0.3) is 0 Å². The van der Waals surface area contributed by atoms with E-state index in [0.717, 1.165) is 17.7 Å². The molecule has 1 heterocycles. The Labute approximate surface area is 146 Å². The summed E-state index contributed by atoms with van der Waals surface area (Å²) in [4.78, 5) is 3.83. The number of alkyl halides is 3. The van der Waals surface area contributed by atoms with Gasteiger partial charge in [-0.2, -0.15) is 13.2 Å². The summed E-state index contributed by atoms with van der Waals surface area (Å²) in [7, 11) is 0. The molecule has 0 saturated carbocycles. The van der Waals surface area contributed by atoms with Crippen molar-refractivity contribution in [3.8, 4) is 11.3 Å². The van der Waals surface area contributed by atoms with Gasteiger partial charge in [-0.3, -0.25) is 0 Å². The van der Waals surface area contributed by atoms with Gasteiger partial charge in [-0.05, 0) is 42.5 Å². The number of anilines is 2. The van der Waals surface area contributed by atoms with Crippen LogP contribution in [-0.2, 0) is 6.18 Å². The van der Waals surface area contributed by atoms with Crippen LogP contribution >= 0.6 is 0 Å². The Hall–Kier alpha value is -3.49. The van der Waals surface area contributed by atoms with Gasteiger partial charge >= 0.3 is 6.18 Å². The number of hydrogen-bond acceptors (Lipinski definition) is 4. The topological polar surface area (TPSA) is 82.7 Å². The first-order valence-corrected chi connectivity index (χ1v) is 7.38. The van der Waals surface area contributed by atoms with Gasteiger partial charge in [0.1, 0.15) is 0 Å². The molecule has 3 rings (SSSR count). The first-order chi connectivity index (χ1) is 12.5. The molecule has 0 spiro atoms. The van der Waals surface area contributed by atoms with Crippen molar-refractivity contribution >= 4 is 17.3 Å². The lowest BCUT2D eigenvalue weighted by Crippen LogP contribution is -2.22. The average Bonchev–Trinajstić information content (AvgIpc) is 3.16. The smallest absolute Gasteiger partial charge is 0.416 e. The molecule has 26 heavy (non-hydrogen) atoms. The lowest BCUT2D eigenvalue weighted by atomic mass is 10.2. The highest BCUT2D eigenvalue weighted by Crippen LogP contribution is 2.30. The number of benzene rings is 2. The molecule has 9 heteroatoms. The minimum Gasteiger partial charge on any atom is -0.444 e. The lowest BCUT2D eigenvalue weighted by molar-refractivity contribution is -0.137. The summed E-state index contributed by atoms with van der Waals surface area (Å²) in [6.07, 6.45) is -1.58. The minimum atomic E-state index is -4.46. The largest absolute Gasteiger partial charge is 0.444 e. The second-order valence-electron chi connectivity index (χ2n) is 5.22. The second kappa shape index (κ2) is 7.18. The van der Waals surface area contributed by atoms with Crippen LogP contribution in [0.3, 0.4) is 0 Å². The van der Waals surface area contributed by atoms with Crippen LogP contribution in [0.1, 0.15) is 5.56 Å². The van der Waals surface area contributed by atoms with Gasteiger partial charge in [0.2, 0.25) is 5.96 Å². The lowest BCUT2D eigenvalue weighted by Gasteiger charge is -2.13. The Bertz CT molecular complexity index is 891. The molecule has 6 nitrogen and oxygen atoms in total. The van der Waals surface area contributed by atoms with Crippen molar-refractivity contribution in [3.63, 3.8) is 0 Å². The number of halogens is 3. The maximum atomic E-state index is 12.8. The van der Waals surface area contributed by atoms with Crippen molar-refractivity contribution in [2.45, 2.75) is 6.18 Å². The number of aromatic nitrogens is 1. The standard InChI is InChI=1S/C17H13F3N4O2/c18-17(19,20)12-2-1-3-14(8-12)23-16(24-25)22-13-6-4-11(5-7-13)15-9-21-10-26-15/h1-10,25H,(H2,22,23,24). The molecule has 2 aromatic carbocycles. The van der Waals surface area contributed by atoms with Gasteiger partial charge in [0, 0.05) is 16.9 Å². The fraction of sp³-hybridized carbons (Fsp3) is 0.0588. The quantitative estimate of drug-likeness (QED) is 0.274. The number of nitrogens with zero attached hydrogens (tertiary/aromatic N) is 2. The van der Waals surface area contributed by atoms with Crippen LogP contribution in [-0.4, -0.2) is 16.2 Å². The third-order valence-electron chi connectivity index (χ3n) is 3.42. The monoisotopic (exact) mass is 362 g/mol. The fourth-order valence-corrected chi connectivity index (χ4v) is 2.20. The van der Waals surface area contributed by atoms with Crippen LogP contribution in [0.25, 0.3) is 11.3 Å². The highest BCUT2D eigenvalue weighted by molar-refractivity contribution is 6.03. The Morgan fingerprint density at radius 2 is 1.77 bits per heavy atom. The first-order valence-electron chi connectivity index (χ1n) is 7.38. The summed E-state index contributed by atoms with van der Waals surface area (Å²) in [6, 6.07) is 11.4. The van der Waals surface area contributed by atoms with E-state index in [0.29, 0.717) is 11.4 Å². The summed E-state index contributed by atoms with van der Waals surface area (Å²) < 4.78 is 43.4. The van der Waals surface area contributed by atoms with Crippen molar-refractivity contribution in [1.82, 2.24) is 4.98 Å². The molecule has 0 radical (unpaired) electrons. The summed E-state index contributed by atoms with van der Waals surface area (Å²) in [5, 5.41) is 17.5. The summed E-state index contributed by atoms with van der Waals surface area (Å²) in [6.45, 7) is 0. The minimum absolute atomic E-state index is 0.124. The zero-order chi connectivity index (χ0) is 18.6. The Morgan fingerprint density at radius 1 is 1.04 bits per heavy atom.